The Morgan fingerprint density at radius 1 is 1.32 bits per heavy atom. The molecule has 1 amide bonds. The summed E-state index contributed by atoms with van der Waals surface area (Å²) in [5, 5.41) is 2.64. The lowest BCUT2D eigenvalue weighted by atomic mass is 10.1. The average Bonchev–Trinajstić information content (AvgIpc) is 2.90. The van der Waals surface area contributed by atoms with Gasteiger partial charge < -0.3 is 10.2 Å². The van der Waals surface area contributed by atoms with Crippen molar-refractivity contribution in [2.24, 2.45) is 0 Å². The molecular formula is C15H18N2O2. The van der Waals surface area contributed by atoms with Gasteiger partial charge >= 0.3 is 0 Å². The van der Waals surface area contributed by atoms with E-state index in [4.69, 9.17) is 0 Å². The summed E-state index contributed by atoms with van der Waals surface area (Å²) in [7, 11) is 0. The Hall–Kier alpha value is -1.84. The molecule has 2 heterocycles. The molecule has 0 aliphatic carbocycles. The number of ketones is 1. The van der Waals surface area contributed by atoms with E-state index in [0.29, 0.717) is 23.3 Å². The molecule has 4 nitrogen and oxygen atoms in total. The largest absolute Gasteiger partial charge is 0.366 e. The fourth-order valence-corrected chi connectivity index (χ4v) is 3.23. The molecule has 100 valence electrons. The fourth-order valence-electron chi connectivity index (χ4n) is 3.23. The normalized spacial score (nSPS) is 25.7. The van der Waals surface area contributed by atoms with Crippen molar-refractivity contribution < 1.29 is 9.59 Å². The molecule has 19 heavy (non-hydrogen) atoms. The summed E-state index contributed by atoms with van der Waals surface area (Å²) in [6.07, 6.45) is 3.52. The van der Waals surface area contributed by atoms with E-state index in [1.54, 1.807) is 6.07 Å². The van der Waals surface area contributed by atoms with Gasteiger partial charge in [0.15, 0.2) is 0 Å². The van der Waals surface area contributed by atoms with Crippen LogP contribution in [-0.2, 0) is 4.79 Å². The third-order valence-corrected chi connectivity index (χ3v) is 4.26. The first-order valence-corrected chi connectivity index (χ1v) is 6.90. The second-order valence-electron chi connectivity index (χ2n) is 5.41. The highest BCUT2D eigenvalue weighted by Crippen LogP contribution is 2.35. The van der Waals surface area contributed by atoms with Crippen LogP contribution in [0.4, 0.5) is 11.4 Å². The number of rotatable bonds is 2. The number of nitrogens with one attached hydrogen (secondary N) is 1. The molecule has 0 saturated carbocycles. The zero-order valence-electron chi connectivity index (χ0n) is 11.3. The van der Waals surface area contributed by atoms with Gasteiger partial charge in [0.05, 0.1) is 11.3 Å². The SMILES string of the molecule is CCC1CCC(C)N1c1ccc2c(c1)NC(=O)C2=O. The van der Waals surface area contributed by atoms with Gasteiger partial charge in [-0.25, -0.2) is 0 Å². The summed E-state index contributed by atoms with van der Waals surface area (Å²) in [6.45, 7) is 4.43. The van der Waals surface area contributed by atoms with Gasteiger partial charge in [-0.15, -0.1) is 0 Å². The molecule has 0 spiro atoms. The summed E-state index contributed by atoms with van der Waals surface area (Å²) in [4.78, 5) is 25.4. The van der Waals surface area contributed by atoms with Crippen LogP contribution < -0.4 is 10.2 Å². The van der Waals surface area contributed by atoms with Crippen molar-refractivity contribution in [1.82, 2.24) is 0 Å². The molecule has 0 radical (unpaired) electrons. The highest BCUT2D eigenvalue weighted by atomic mass is 16.2. The molecule has 1 fully saturated rings. The molecule has 1 N–H and O–H groups in total. The van der Waals surface area contributed by atoms with Gasteiger partial charge in [-0.1, -0.05) is 6.92 Å². The fraction of sp³-hybridized carbons (Fsp3) is 0.467. The van der Waals surface area contributed by atoms with E-state index in [1.807, 2.05) is 12.1 Å². The van der Waals surface area contributed by atoms with E-state index in [0.717, 1.165) is 12.1 Å². The first-order valence-electron chi connectivity index (χ1n) is 6.90. The molecule has 0 bridgehead atoms. The van der Waals surface area contributed by atoms with Crippen molar-refractivity contribution in [2.75, 3.05) is 10.2 Å². The van der Waals surface area contributed by atoms with Crippen LogP contribution in [-0.4, -0.2) is 23.8 Å². The minimum Gasteiger partial charge on any atom is -0.366 e. The van der Waals surface area contributed by atoms with Gasteiger partial charge in [-0.05, 0) is 44.4 Å². The molecule has 2 aliphatic rings. The van der Waals surface area contributed by atoms with E-state index in [2.05, 4.69) is 24.1 Å². The Morgan fingerprint density at radius 2 is 2.11 bits per heavy atom. The first-order chi connectivity index (χ1) is 9.11. The number of Topliss-reactive ketones (excluding diaryl/α,β-unsaturated/α-hetero) is 1. The topological polar surface area (TPSA) is 49.4 Å². The molecule has 2 atom stereocenters. The van der Waals surface area contributed by atoms with Gasteiger partial charge in [-0.3, -0.25) is 9.59 Å². The molecule has 3 rings (SSSR count). The second-order valence-corrected chi connectivity index (χ2v) is 5.41. The zero-order chi connectivity index (χ0) is 13.6. The predicted molar refractivity (Wildman–Crippen MR) is 74.7 cm³/mol. The Balaban J connectivity index is 1.97. The van der Waals surface area contributed by atoms with Crippen molar-refractivity contribution in [3.63, 3.8) is 0 Å². The van der Waals surface area contributed by atoms with Crippen LogP contribution in [0, 0.1) is 0 Å². The predicted octanol–water partition coefficient (Wildman–Crippen LogP) is 2.59. The van der Waals surface area contributed by atoms with Crippen LogP contribution in [0.2, 0.25) is 0 Å². The van der Waals surface area contributed by atoms with Crippen LogP contribution in [0.15, 0.2) is 18.2 Å². The quantitative estimate of drug-likeness (QED) is 0.829. The van der Waals surface area contributed by atoms with Crippen LogP contribution >= 0.6 is 0 Å². The average molecular weight is 258 g/mol. The number of carbonyl (C=O) groups is 2. The molecule has 0 aromatic heterocycles. The molecule has 2 aliphatic heterocycles. The standard InChI is InChI=1S/C15H18N2O2/c1-3-10-5-4-9(2)17(10)11-6-7-12-13(8-11)16-15(19)14(12)18/h6-10H,3-5H2,1-2H3,(H,16,18,19). The summed E-state index contributed by atoms with van der Waals surface area (Å²) in [5.41, 5.74) is 2.25. The lowest BCUT2D eigenvalue weighted by Gasteiger charge is -2.30. The maximum absolute atomic E-state index is 11.6. The van der Waals surface area contributed by atoms with Gasteiger partial charge in [-0.2, -0.15) is 0 Å². The maximum atomic E-state index is 11.6. The lowest BCUT2D eigenvalue weighted by Crippen LogP contribution is -2.34. The van der Waals surface area contributed by atoms with Crippen LogP contribution in [0.1, 0.15) is 43.5 Å². The summed E-state index contributed by atoms with van der Waals surface area (Å²) < 4.78 is 0. The van der Waals surface area contributed by atoms with Gasteiger partial charge in [0.1, 0.15) is 0 Å². The highest BCUT2D eigenvalue weighted by Gasteiger charge is 2.32. The van der Waals surface area contributed by atoms with Gasteiger partial charge in [0.2, 0.25) is 0 Å². The van der Waals surface area contributed by atoms with Crippen molar-refractivity contribution in [1.29, 1.82) is 0 Å². The monoisotopic (exact) mass is 258 g/mol. The third-order valence-electron chi connectivity index (χ3n) is 4.26. The van der Waals surface area contributed by atoms with E-state index >= 15 is 0 Å². The van der Waals surface area contributed by atoms with Crippen LogP contribution in [0.25, 0.3) is 0 Å². The second kappa shape index (κ2) is 4.37. The molecule has 4 heteroatoms. The first kappa shape index (κ1) is 12.2. The molecule has 1 saturated heterocycles. The number of fused-ring (bicyclic) bond motifs is 1. The minimum absolute atomic E-state index is 0.428. The van der Waals surface area contributed by atoms with Gasteiger partial charge in [0.25, 0.3) is 11.7 Å². The number of hydrogen-bond donors (Lipinski definition) is 1. The van der Waals surface area contributed by atoms with Crippen molar-refractivity contribution in [2.45, 2.75) is 45.2 Å². The molecule has 1 aromatic rings. The van der Waals surface area contributed by atoms with E-state index < -0.39 is 11.7 Å². The van der Waals surface area contributed by atoms with Gasteiger partial charge in [0, 0.05) is 17.8 Å². The number of amides is 1. The Bertz CT molecular complexity index is 553. The third kappa shape index (κ3) is 1.82. The summed E-state index contributed by atoms with van der Waals surface area (Å²) in [6, 6.07) is 6.73. The summed E-state index contributed by atoms with van der Waals surface area (Å²) >= 11 is 0. The molecular weight excluding hydrogens is 240 g/mol. The smallest absolute Gasteiger partial charge is 0.296 e. The van der Waals surface area contributed by atoms with E-state index in [9.17, 15) is 9.59 Å². The van der Waals surface area contributed by atoms with Crippen molar-refractivity contribution >= 4 is 23.1 Å². The Kier molecular flexibility index (Phi) is 2.81. The summed E-state index contributed by atoms with van der Waals surface area (Å²) in [5.74, 6) is -0.947. The highest BCUT2D eigenvalue weighted by molar-refractivity contribution is 6.51. The van der Waals surface area contributed by atoms with Crippen molar-refractivity contribution in [3.8, 4) is 0 Å². The van der Waals surface area contributed by atoms with Crippen molar-refractivity contribution in [3.05, 3.63) is 23.8 Å². The number of nitrogens with zero attached hydrogens (tertiary/aromatic N) is 1. The molecule has 2 unspecified atom stereocenters. The minimum atomic E-state index is -0.520. The van der Waals surface area contributed by atoms with E-state index in [1.165, 1.54) is 12.8 Å². The van der Waals surface area contributed by atoms with Crippen LogP contribution in [0.5, 0.6) is 0 Å². The Morgan fingerprint density at radius 3 is 2.84 bits per heavy atom. The molecule has 1 aromatic carbocycles. The lowest BCUT2D eigenvalue weighted by molar-refractivity contribution is -0.112. The van der Waals surface area contributed by atoms with E-state index in [-0.39, 0.29) is 0 Å². The van der Waals surface area contributed by atoms with Crippen LogP contribution in [0.3, 0.4) is 0 Å². The number of anilines is 2. The number of benzene rings is 1. The maximum Gasteiger partial charge on any atom is 0.296 e. The Labute approximate surface area is 112 Å². The zero-order valence-corrected chi connectivity index (χ0v) is 11.3. The number of hydrogen-bond acceptors (Lipinski definition) is 3. The number of carbonyl (C=O) groups excluding carboxylic acids is 2.